The minimum Gasteiger partial charge on any atom is -0.369 e. The predicted octanol–water partition coefficient (Wildman–Crippen LogP) is 2.71. The van der Waals surface area contributed by atoms with E-state index in [9.17, 15) is 10.1 Å². The van der Waals surface area contributed by atoms with Gasteiger partial charge in [0.2, 0.25) is 0 Å². The number of nitrogens with one attached hydrogen (secondary N) is 1. The molecule has 0 aliphatic heterocycles. The van der Waals surface area contributed by atoms with Gasteiger partial charge in [0.25, 0.3) is 5.69 Å². The van der Waals surface area contributed by atoms with Crippen molar-refractivity contribution < 1.29 is 4.92 Å². The van der Waals surface area contributed by atoms with Gasteiger partial charge >= 0.3 is 0 Å². The first-order valence-corrected chi connectivity index (χ1v) is 5.62. The first kappa shape index (κ1) is 13.9. The van der Waals surface area contributed by atoms with E-state index in [1.807, 2.05) is 6.07 Å². The van der Waals surface area contributed by atoms with Crippen LogP contribution in [0.5, 0.6) is 0 Å². The zero-order valence-corrected chi connectivity index (χ0v) is 10.7. The molecule has 96 valence electrons. The summed E-state index contributed by atoms with van der Waals surface area (Å²) in [6.07, 6.45) is 2.07. The van der Waals surface area contributed by atoms with Gasteiger partial charge < -0.3 is 5.32 Å². The molecule has 0 aliphatic rings. The van der Waals surface area contributed by atoms with Crippen LogP contribution in [0.15, 0.2) is 12.3 Å². The van der Waals surface area contributed by atoms with Crippen LogP contribution in [0.3, 0.4) is 0 Å². The van der Waals surface area contributed by atoms with Gasteiger partial charge in [0.1, 0.15) is 23.6 Å². The van der Waals surface area contributed by atoms with Gasteiger partial charge in [-0.25, -0.2) is 4.98 Å². The summed E-state index contributed by atoms with van der Waals surface area (Å²) >= 11 is 0. The summed E-state index contributed by atoms with van der Waals surface area (Å²) in [6, 6.07) is 3.14. The molecular weight excluding hydrogens is 232 g/mol. The molecule has 0 amide bonds. The number of hydrogen-bond acceptors (Lipinski definition) is 5. The molecule has 6 nitrogen and oxygen atoms in total. The van der Waals surface area contributed by atoms with Crippen molar-refractivity contribution in [1.29, 1.82) is 5.26 Å². The molecule has 1 N–H and O–H groups in total. The van der Waals surface area contributed by atoms with Crippen LogP contribution in [0.4, 0.5) is 11.5 Å². The van der Waals surface area contributed by atoms with Crippen molar-refractivity contribution in [1.82, 2.24) is 4.98 Å². The third-order valence-corrected chi connectivity index (χ3v) is 2.37. The monoisotopic (exact) mass is 248 g/mol. The van der Waals surface area contributed by atoms with Gasteiger partial charge in [-0.15, -0.1) is 0 Å². The molecule has 0 unspecified atom stereocenters. The lowest BCUT2D eigenvalue weighted by Crippen LogP contribution is -2.14. The molecule has 1 rings (SSSR count). The average Bonchev–Trinajstić information content (AvgIpc) is 2.27. The maximum Gasteiger partial charge on any atom is 0.289 e. The zero-order chi connectivity index (χ0) is 13.8. The van der Waals surface area contributed by atoms with Crippen LogP contribution in [0.25, 0.3) is 0 Å². The quantitative estimate of drug-likeness (QED) is 0.653. The van der Waals surface area contributed by atoms with Crippen LogP contribution in [0.1, 0.15) is 32.8 Å². The lowest BCUT2D eigenvalue weighted by Gasteiger charge is -2.18. The molecule has 0 saturated carbocycles. The van der Waals surface area contributed by atoms with E-state index >= 15 is 0 Å². The van der Waals surface area contributed by atoms with Crippen LogP contribution in [-0.2, 0) is 0 Å². The Morgan fingerprint density at radius 2 is 2.22 bits per heavy atom. The van der Waals surface area contributed by atoms with Gasteiger partial charge in [0.15, 0.2) is 0 Å². The standard InChI is InChI=1S/C12H16N4O2/c1-12(2,3)4-5-14-11-9(7-13)6-10(8-15-11)16(17)18/h6,8H,4-5H2,1-3H3,(H,14,15). The Bertz CT molecular complexity index is 486. The largest absolute Gasteiger partial charge is 0.369 e. The van der Waals surface area contributed by atoms with Crippen molar-refractivity contribution >= 4 is 11.5 Å². The van der Waals surface area contributed by atoms with Gasteiger partial charge in [-0.3, -0.25) is 10.1 Å². The van der Waals surface area contributed by atoms with Crippen molar-refractivity contribution in [3.63, 3.8) is 0 Å². The summed E-state index contributed by atoms with van der Waals surface area (Å²) < 4.78 is 0. The fourth-order valence-electron chi connectivity index (χ4n) is 1.34. The lowest BCUT2D eigenvalue weighted by atomic mass is 9.92. The molecule has 0 aliphatic carbocycles. The Labute approximate surface area is 106 Å². The Morgan fingerprint density at radius 3 is 2.72 bits per heavy atom. The van der Waals surface area contributed by atoms with Gasteiger partial charge in [-0.1, -0.05) is 20.8 Å². The second-order valence-corrected chi connectivity index (χ2v) is 5.20. The van der Waals surface area contributed by atoms with Crippen LogP contribution >= 0.6 is 0 Å². The number of aromatic nitrogens is 1. The minimum absolute atomic E-state index is 0.173. The summed E-state index contributed by atoms with van der Waals surface area (Å²) in [5.74, 6) is 0.396. The van der Waals surface area contributed by atoms with Crippen molar-refractivity contribution in [2.24, 2.45) is 5.41 Å². The van der Waals surface area contributed by atoms with Crippen LogP contribution in [-0.4, -0.2) is 16.5 Å². The summed E-state index contributed by atoms with van der Waals surface area (Å²) in [6.45, 7) is 7.01. The number of anilines is 1. The third-order valence-electron chi connectivity index (χ3n) is 2.37. The summed E-state index contributed by atoms with van der Waals surface area (Å²) in [4.78, 5) is 13.9. The molecule has 6 heteroatoms. The topological polar surface area (TPSA) is 91.8 Å². The summed E-state index contributed by atoms with van der Waals surface area (Å²) in [5.41, 5.74) is 0.201. The average molecular weight is 248 g/mol. The van der Waals surface area contributed by atoms with Crippen molar-refractivity contribution in [3.8, 4) is 6.07 Å². The van der Waals surface area contributed by atoms with E-state index in [0.717, 1.165) is 12.6 Å². The summed E-state index contributed by atoms with van der Waals surface area (Å²) in [7, 11) is 0. The molecule has 0 fully saturated rings. The van der Waals surface area contributed by atoms with Crippen LogP contribution < -0.4 is 5.32 Å². The van der Waals surface area contributed by atoms with Gasteiger partial charge in [-0.2, -0.15) is 5.26 Å². The van der Waals surface area contributed by atoms with E-state index in [1.54, 1.807) is 0 Å². The molecule has 0 aromatic carbocycles. The lowest BCUT2D eigenvalue weighted by molar-refractivity contribution is -0.385. The van der Waals surface area contributed by atoms with E-state index in [4.69, 9.17) is 5.26 Å². The SMILES string of the molecule is CC(C)(C)CCNc1ncc([N+](=O)[O-])cc1C#N. The minimum atomic E-state index is -0.563. The molecule has 0 atom stereocenters. The van der Waals surface area contributed by atoms with E-state index in [-0.39, 0.29) is 16.7 Å². The van der Waals surface area contributed by atoms with Gasteiger partial charge in [0.05, 0.1) is 4.92 Å². The van der Waals surface area contributed by atoms with Crippen molar-refractivity contribution in [2.45, 2.75) is 27.2 Å². The molecule has 0 radical (unpaired) electrons. The highest BCUT2D eigenvalue weighted by atomic mass is 16.6. The zero-order valence-electron chi connectivity index (χ0n) is 10.7. The predicted molar refractivity (Wildman–Crippen MR) is 68.2 cm³/mol. The number of nitriles is 1. The van der Waals surface area contributed by atoms with Crippen LogP contribution in [0.2, 0.25) is 0 Å². The van der Waals surface area contributed by atoms with E-state index in [1.165, 1.54) is 6.07 Å². The highest BCUT2D eigenvalue weighted by molar-refractivity contribution is 5.55. The van der Waals surface area contributed by atoms with E-state index < -0.39 is 4.92 Å². The second kappa shape index (κ2) is 5.45. The van der Waals surface area contributed by atoms with Gasteiger partial charge in [0, 0.05) is 12.6 Å². The number of hydrogen-bond donors (Lipinski definition) is 1. The van der Waals surface area contributed by atoms with E-state index in [0.29, 0.717) is 12.4 Å². The second-order valence-electron chi connectivity index (χ2n) is 5.20. The van der Waals surface area contributed by atoms with Crippen molar-refractivity contribution in [3.05, 3.63) is 27.9 Å². The molecule has 0 bridgehead atoms. The number of nitro groups is 1. The normalized spacial score (nSPS) is 10.8. The molecular formula is C12H16N4O2. The maximum absolute atomic E-state index is 10.6. The fraction of sp³-hybridized carbons (Fsp3) is 0.500. The Balaban J connectivity index is 2.78. The number of pyridine rings is 1. The molecule has 1 aromatic rings. The molecule has 1 aromatic heterocycles. The van der Waals surface area contributed by atoms with Crippen molar-refractivity contribution in [2.75, 3.05) is 11.9 Å². The highest BCUT2D eigenvalue weighted by Gasteiger charge is 2.13. The maximum atomic E-state index is 10.6. The highest BCUT2D eigenvalue weighted by Crippen LogP contribution is 2.21. The Morgan fingerprint density at radius 1 is 1.56 bits per heavy atom. The molecule has 18 heavy (non-hydrogen) atoms. The Hall–Kier alpha value is -2.16. The molecule has 0 spiro atoms. The van der Waals surface area contributed by atoms with Gasteiger partial charge in [-0.05, 0) is 11.8 Å². The first-order chi connectivity index (χ1) is 8.33. The summed E-state index contributed by atoms with van der Waals surface area (Å²) in [5, 5.41) is 22.5. The first-order valence-electron chi connectivity index (χ1n) is 5.62. The molecule has 1 heterocycles. The molecule has 0 saturated heterocycles. The van der Waals surface area contributed by atoms with E-state index in [2.05, 4.69) is 31.1 Å². The Kier molecular flexibility index (Phi) is 4.21. The van der Waals surface area contributed by atoms with Crippen LogP contribution in [0, 0.1) is 26.9 Å². The smallest absolute Gasteiger partial charge is 0.289 e. The third kappa shape index (κ3) is 4.01. The number of nitrogens with zero attached hydrogens (tertiary/aromatic N) is 3. The number of rotatable bonds is 4. The fourth-order valence-corrected chi connectivity index (χ4v) is 1.34.